The van der Waals surface area contributed by atoms with Crippen LogP contribution in [0.2, 0.25) is 0 Å². The zero-order chi connectivity index (χ0) is 15.1. The minimum atomic E-state index is 0.343. The Balaban J connectivity index is 2.16. The quantitative estimate of drug-likeness (QED) is 0.823. The van der Waals surface area contributed by atoms with E-state index in [1.807, 2.05) is 0 Å². The lowest BCUT2D eigenvalue weighted by Gasteiger charge is -2.42. The predicted molar refractivity (Wildman–Crippen MR) is 91.8 cm³/mol. The molecule has 0 spiro atoms. The second-order valence-electron chi connectivity index (χ2n) is 6.74. The first-order valence-electron chi connectivity index (χ1n) is 8.69. The van der Waals surface area contributed by atoms with Gasteiger partial charge in [0.25, 0.3) is 0 Å². The van der Waals surface area contributed by atoms with E-state index in [1.54, 1.807) is 0 Å². The molecule has 0 aliphatic carbocycles. The van der Waals surface area contributed by atoms with Crippen molar-refractivity contribution in [3.8, 4) is 0 Å². The van der Waals surface area contributed by atoms with Crippen molar-refractivity contribution >= 4 is 0 Å². The Morgan fingerprint density at radius 2 is 1.81 bits per heavy atom. The van der Waals surface area contributed by atoms with Crippen molar-refractivity contribution in [3.05, 3.63) is 35.9 Å². The summed E-state index contributed by atoms with van der Waals surface area (Å²) in [5, 5.41) is 3.53. The van der Waals surface area contributed by atoms with Gasteiger partial charge in [0, 0.05) is 18.5 Å². The number of hydrogen-bond donors (Lipinski definition) is 1. The fourth-order valence-electron chi connectivity index (χ4n) is 3.54. The molecule has 1 aliphatic rings. The van der Waals surface area contributed by atoms with Crippen LogP contribution in [0.3, 0.4) is 0 Å². The summed E-state index contributed by atoms with van der Waals surface area (Å²) in [6, 6.07) is 11.2. The molecule has 21 heavy (non-hydrogen) atoms. The van der Waals surface area contributed by atoms with E-state index in [9.17, 15) is 0 Å². The second kappa shape index (κ2) is 7.95. The first-order chi connectivity index (χ1) is 10.2. The number of nitrogens with one attached hydrogen (secondary N) is 1. The Kier molecular flexibility index (Phi) is 6.25. The molecular weight excluding hydrogens is 256 g/mol. The third kappa shape index (κ3) is 4.31. The molecule has 0 aromatic heterocycles. The van der Waals surface area contributed by atoms with Crippen molar-refractivity contribution < 1.29 is 0 Å². The maximum Gasteiger partial charge on any atom is 0.0104 e. The molecule has 1 N–H and O–H groups in total. The molecule has 0 amide bonds. The molecule has 1 fully saturated rings. The van der Waals surface area contributed by atoms with E-state index in [0.717, 1.165) is 25.6 Å². The minimum absolute atomic E-state index is 0.343. The van der Waals surface area contributed by atoms with E-state index in [1.165, 1.54) is 37.9 Å². The molecule has 1 aromatic rings. The van der Waals surface area contributed by atoms with Crippen LogP contribution < -0.4 is 5.32 Å². The molecule has 1 saturated heterocycles. The van der Waals surface area contributed by atoms with Crippen molar-refractivity contribution in [2.75, 3.05) is 32.7 Å². The van der Waals surface area contributed by atoms with E-state index in [-0.39, 0.29) is 0 Å². The highest BCUT2D eigenvalue weighted by atomic mass is 15.1. The average Bonchev–Trinajstić information content (AvgIpc) is 2.55. The molecule has 0 bridgehead atoms. The predicted octanol–water partition coefficient (Wildman–Crippen LogP) is 3.68. The van der Waals surface area contributed by atoms with Gasteiger partial charge in [0.1, 0.15) is 0 Å². The first-order valence-corrected chi connectivity index (χ1v) is 8.69. The van der Waals surface area contributed by atoms with E-state index in [0.29, 0.717) is 5.41 Å². The van der Waals surface area contributed by atoms with Gasteiger partial charge >= 0.3 is 0 Å². The highest BCUT2D eigenvalue weighted by Gasteiger charge is 2.35. The van der Waals surface area contributed by atoms with Gasteiger partial charge in [-0.2, -0.15) is 0 Å². The highest BCUT2D eigenvalue weighted by molar-refractivity contribution is 5.27. The van der Waals surface area contributed by atoms with E-state index in [4.69, 9.17) is 0 Å². The lowest BCUT2D eigenvalue weighted by Crippen LogP contribution is -2.48. The molecule has 1 aromatic carbocycles. The Labute approximate surface area is 130 Å². The van der Waals surface area contributed by atoms with Crippen LogP contribution in [0, 0.1) is 5.92 Å². The normalized spacial score (nSPS) is 19.6. The monoisotopic (exact) mass is 288 g/mol. The average molecular weight is 288 g/mol. The van der Waals surface area contributed by atoms with Crippen LogP contribution in [-0.2, 0) is 5.41 Å². The zero-order valence-corrected chi connectivity index (χ0v) is 14.1. The van der Waals surface area contributed by atoms with Crippen molar-refractivity contribution in [3.63, 3.8) is 0 Å². The summed E-state index contributed by atoms with van der Waals surface area (Å²) in [7, 11) is 0. The van der Waals surface area contributed by atoms with Crippen LogP contribution in [0.4, 0.5) is 0 Å². The lowest BCUT2D eigenvalue weighted by molar-refractivity contribution is 0.162. The van der Waals surface area contributed by atoms with Crippen LogP contribution in [0.1, 0.15) is 45.6 Å². The van der Waals surface area contributed by atoms with Gasteiger partial charge in [-0.15, -0.1) is 0 Å². The summed E-state index contributed by atoms with van der Waals surface area (Å²) in [5.74, 6) is 0.791. The van der Waals surface area contributed by atoms with Crippen LogP contribution in [0.5, 0.6) is 0 Å². The zero-order valence-electron chi connectivity index (χ0n) is 14.1. The number of rotatable bonds is 7. The molecule has 1 unspecified atom stereocenters. The molecule has 2 rings (SSSR count). The van der Waals surface area contributed by atoms with Crippen LogP contribution >= 0.6 is 0 Å². The standard InChI is InChI=1S/C19H32N2/c1-4-17(3)15-21(5-2)16-19(11-13-20-14-12-19)18-9-7-6-8-10-18/h6-10,17,20H,4-5,11-16H2,1-3H3. The van der Waals surface area contributed by atoms with Gasteiger partial charge in [0.2, 0.25) is 0 Å². The van der Waals surface area contributed by atoms with Gasteiger partial charge in [-0.05, 0) is 44.0 Å². The third-order valence-electron chi connectivity index (χ3n) is 5.19. The van der Waals surface area contributed by atoms with Crippen molar-refractivity contribution in [1.29, 1.82) is 0 Å². The summed E-state index contributed by atoms with van der Waals surface area (Å²) >= 11 is 0. The van der Waals surface area contributed by atoms with Gasteiger partial charge in [-0.25, -0.2) is 0 Å². The smallest absolute Gasteiger partial charge is 0.0104 e. The number of piperidine rings is 1. The summed E-state index contributed by atoms with van der Waals surface area (Å²) in [4.78, 5) is 2.67. The van der Waals surface area contributed by atoms with Crippen molar-refractivity contribution in [2.24, 2.45) is 5.92 Å². The first kappa shape index (κ1) is 16.5. The van der Waals surface area contributed by atoms with Gasteiger partial charge in [-0.1, -0.05) is 57.5 Å². The van der Waals surface area contributed by atoms with Crippen molar-refractivity contribution in [2.45, 2.75) is 45.4 Å². The van der Waals surface area contributed by atoms with Crippen molar-refractivity contribution in [1.82, 2.24) is 10.2 Å². The van der Waals surface area contributed by atoms with E-state index >= 15 is 0 Å². The SMILES string of the molecule is CCC(C)CN(CC)CC1(c2ccccc2)CCNCC1. The van der Waals surface area contributed by atoms with Gasteiger partial charge in [0.05, 0.1) is 0 Å². The summed E-state index contributed by atoms with van der Waals surface area (Å²) < 4.78 is 0. The summed E-state index contributed by atoms with van der Waals surface area (Å²) in [6.07, 6.45) is 3.79. The fraction of sp³-hybridized carbons (Fsp3) is 0.684. The highest BCUT2D eigenvalue weighted by Crippen LogP contribution is 2.34. The van der Waals surface area contributed by atoms with Gasteiger partial charge in [0.15, 0.2) is 0 Å². The number of benzene rings is 1. The molecule has 2 nitrogen and oxygen atoms in total. The van der Waals surface area contributed by atoms with Gasteiger partial charge < -0.3 is 10.2 Å². The second-order valence-corrected chi connectivity index (χ2v) is 6.74. The number of hydrogen-bond acceptors (Lipinski definition) is 2. The maximum atomic E-state index is 3.53. The minimum Gasteiger partial charge on any atom is -0.317 e. The summed E-state index contributed by atoms with van der Waals surface area (Å²) in [5.41, 5.74) is 1.88. The molecule has 1 atom stereocenters. The summed E-state index contributed by atoms with van der Waals surface area (Å²) in [6.45, 7) is 12.9. The van der Waals surface area contributed by atoms with Crippen LogP contribution in [0.15, 0.2) is 30.3 Å². The Bertz CT molecular complexity index is 395. The molecule has 0 radical (unpaired) electrons. The lowest BCUT2D eigenvalue weighted by atomic mass is 9.72. The Hall–Kier alpha value is -0.860. The topological polar surface area (TPSA) is 15.3 Å². The van der Waals surface area contributed by atoms with E-state index < -0.39 is 0 Å². The van der Waals surface area contributed by atoms with Crippen LogP contribution in [-0.4, -0.2) is 37.6 Å². The van der Waals surface area contributed by atoms with Crippen LogP contribution in [0.25, 0.3) is 0 Å². The molecule has 1 heterocycles. The largest absolute Gasteiger partial charge is 0.317 e. The molecular formula is C19H32N2. The third-order valence-corrected chi connectivity index (χ3v) is 5.19. The maximum absolute atomic E-state index is 3.53. The molecule has 1 aliphatic heterocycles. The molecule has 0 saturated carbocycles. The van der Waals surface area contributed by atoms with Gasteiger partial charge in [-0.3, -0.25) is 0 Å². The molecule has 118 valence electrons. The van der Waals surface area contributed by atoms with E-state index in [2.05, 4.69) is 61.3 Å². The number of likely N-dealkylation sites (N-methyl/N-ethyl adjacent to an activating group) is 1. The number of nitrogens with zero attached hydrogens (tertiary/aromatic N) is 1. The fourth-order valence-corrected chi connectivity index (χ4v) is 3.54. The Morgan fingerprint density at radius 1 is 1.14 bits per heavy atom. The molecule has 2 heteroatoms. The Morgan fingerprint density at radius 3 is 2.38 bits per heavy atom.